The van der Waals surface area contributed by atoms with Gasteiger partial charge in [-0.2, -0.15) is 0 Å². The largest absolute Gasteiger partial charge is 0.445 e. The van der Waals surface area contributed by atoms with Crippen molar-refractivity contribution in [2.24, 2.45) is 5.92 Å². The molecule has 0 unspecified atom stereocenters. The molecule has 0 radical (unpaired) electrons. The van der Waals surface area contributed by atoms with E-state index >= 15 is 0 Å². The van der Waals surface area contributed by atoms with Gasteiger partial charge in [-0.1, -0.05) is 99.3 Å². The summed E-state index contributed by atoms with van der Waals surface area (Å²) in [7, 11) is 0. The number of carbonyl (C=O) groups is 3. The van der Waals surface area contributed by atoms with E-state index in [1.54, 1.807) is 6.92 Å². The van der Waals surface area contributed by atoms with Gasteiger partial charge in [0.2, 0.25) is 5.91 Å². The molecule has 0 saturated carbocycles. The summed E-state index contributed by atoms with van der Waals surface area (Å²) in [5.74, 6) is -0.326. The second-order valence-corrected chi connectivity index (χ2v) is 12.8. The second kappa shape index (κ2) is 15.1. The van der Waals surface area contributed by atoms with Gasteiger partial charge in [-0.25, -0.2) is 4.79 Å². The van der Waals surface area contributed by atoms with E-state index in [9.17, 15) is 14.4 Å². The lowest BCUT2D eigenvalue weighted by atomic mass is 9.93. The van der Waals surface area contributed by atoms with Gasteiger partial charge in [-0.05, 0) is 48.4 Å². The Morgan fingerprint density at radius 3 is 2.15 bits per heavy atom. The van der Waals surface area contributed by atoms with Gasteiger partial charge in [-0.15, -0.1) is 0 Å². The van der Waals surface area contributed by atoms with Crippen LogP contribution in [0.4, 0.5) is 4.79 Å². The Morgan fingerprint density at radius 1 is 0.851 bits per heavy atom. The Morgan fingerprint density at radius 2 is 1.49 bits per heavy atom. The highest BCUT2D eigenvalue weighted by Gasteiger charge is 2.50. The summed E-state index contributed by atoms with van der Waals surface area (Å²) >= 11 is 0. The number of fused-ring (bicyclic) bond motifs is 1. The van der Waals surface area contributed by atoms with Crippen LogP contribution in [0.25, 0.3) is 10.9 Å². The van der Waals surface area contributed by atoms with Crippen LogP contribution in [0.3, 0.4) is 0 Å². The minimum atomic E-state index is -0.852. The fourth-order valence-electron chi connectivity index (χ4n) is 5.67. The fraction of sp³-hybridized carbons (Fsp3) is 0.342. The molecule has 5 rings (SSSR count). The number of amides is 2. The summed E-state index contributed by atoms with van der Waals surface area (Å²) < 4.78 is 11.0. The zero-order chi connectivity index (χ0) is 33.4. The predicted molar refractivity (Wildman–Crippen MR) is 183 cm³/mol. The first-order valence-corrected chi connectivity index (χ1v) is 16.1. The lowest BCUT2D eigenvalue weighted by molar-refractivity contribution is -0.125. The van der Waals surface area contributed by atoms with E-state index in [1.165, 1.54) is 0 Å². The minimum absolute atomic E-state index is 0.0693. The summed E-state index contributed by atoms with van der Waals surface area (Å²) in [5, 5.41) is 10.3. The van der Waals surface area contributed by atoms with Gasteiger partial charge in [0.1, 0.15) is 18.2 Å². The molecule has 0 bridgehead atoms. The van der Waals surface area contributed by atoms with Gasteiger partial charge in [0, 0.05) is 29.2 Å². The standard InChI is InChI=1S/C38H44N4O5/c1-25(2)19-34(42-37(45)46-23-28-15-9-6-10-16-28)36(44)41-32(21-29-22-39-31-18-12-11-17-30(29)31)26(3)40-33(35(43)38(4)24-47-38)20-27-13-7-5-8-14-27/h5-18,22,25,32-34,39-40H,3,19-21,23-24H2,1-2,4H3,(H,41,44)(H,42,45)/t32-,33-,34+,38+/m0/s1. The summed E-state index contributed by atoms with van der Waals surface area (Å²) in [4.78, 5) is 43.7. The SMILES string of the molecule is C=C(N[C@@H](Cc1ccccc1)C(=O)[C@@]1(C)CO1)[C@H](Cc1c[nH]c2ccccc12)NC(=O)[C@@H](CC(C)C)NC(=O)OCc1ccccc1. The van der Waals surface area contributed by atoms with E-state index < -0.39 is 29.8 Å². The van der Waals surface area contributed by atoms with Crippen molar-refractivity contribution in [1.82, 2.24) is 20.9 Å². The molecule has 3 aromatic carbocycles. The van der Waals surface area contributed by atoms with Crippen LogP contribution in [0.5, 0.6) is 0 Å². The molecule has 9 heteroatoms. The first-order valence-electron chi connectivity index (χ1n) is 16.1. The molecule has 1 saturated heterocycles. The van der Waals surface area contributed by atoms with Crippen molar-refractivity contribution in [2.45, 2.75) is 70.4 Å². The predicted octanol–water partition coefficient (Wildman–Crippen LogP) is 5.61. The number of aromatic nitrogens is 1. The van der Waals surface area contributed by atoms with Crippen molar-refractivity contribution in [3.63, 3.8) is 0 Å². The number of rotatable bonds is 16. The molecule has 4 atom stereocenters. The Bertz CT molecular complexity index is 1680. The minimum Gasteiger partial charge on any atom is -0.445 e. The van der Waals surface area contributed by atoms with Crippen LogP contribution in [0.2, 0.25) is 0 Å². The quantitative estimate of drug-likeness (QED) is 0.119. The number of ether oxygens (including phenoxy) is 2. The smallest absolute Gasteiger partial charge is 0.408 e. The van der Waals surface area contributed by atoms with E-state index in [0.29, 0.717) is 31.6 Å². The lowest BCUT2D eigenvalue weighted by Gasteiger charge is -2.29. The van der Waals surface area contributed by atoms with E-state index in [-0.39, 0.29) is 24.2 Å². The van der Waals surface area contributed by atoms with E-state index in [2.05, 4.69) is 27.5 Å². The lowest BCUT2D eigenvalue weighted by Crippen LogP contribution is -2.54. The highest BCUT2D eigenvalue weighted by atomic mass is 16.6. The number of H-pyrrole nitrogens is 1. The van der Waals surface area contributed by atoms with E-state index in [0.717, 1.165) is 27.6 Å². The third-order valence-corrected chi connectivity index (χ3v) is 8.42. The van der Waals surface area contributed by atoms with Crippen LogP contribution < -0.4 is 16.0 Å². The van der Waals surface area contributed by atoms with E-state index in [4.69, 9.17) is 9.47 Å². The Labute approximate surface area is 276 Å². The van der Waals surface area contributed by atoms with Gasteiger partial charge < -0.3 is 30.4 Å². The molecule has 1 fully saturated rings. The monoisotopic (exact) mass is 636 g/mol. The highest BCUT2D eigenvalue weighted by Crippen LogP contribution is 2.30. The molecule has 246 valence electrons. The molecule has 0 spiro atoms. The molecule has 4 N–H and O–H groups in total. The number of benzene rings is 3. The van der Waals surface area contributed by atoms with Crippen LogP contribution in [0.1, 0.15) is 43.9 Å². The van der Waals surface area contributed by atoms with Gasteiger partial charge in [0.15, 0.2) is 5.78 Å². The molecule has 47 heavy (non-hydrogen) atoms. The fourth-order valence-corrected chi connectivity index (χ4v) is 5.67. The molecule has 1 aliphatic rings. The maximum Gasteiger partial charge on any atom is 0.408 e. The Hall–Kier alpha value is -4.89. The van der Waals surface area contributed by atoms with Crippen molar-refractivity contribution in [2.75, 3.05) is 6.61 Å². The number of hydrogen-bond donors (Lipinski definition) is 4. The van der Waals surface area contributed by atoms with Crippen molar-refractivity contribution in [3.05, 3.63) is 120 Å². The van der Waals surface area contributed by atoms with E-state index in [1.807, 2.05) is 105 Å². The number of para-hydroxylation sites is 1. The number of ketones is 1. The van der Waals surface area contributed by atoms with Gasteiger partial charge in [0.05, 0.1) is 18.7 Å². The summed E-state index contributed by atoms with van der Waals surface area (Å²) in [6, 6.07) is 25.0. The van der Waals surface area contributed by atoms with Gasteiger partial charge in [-0.3, -0.25) is 9.59 Å². The summed E-state index contributed by atoms with van der Waals surface area (Å²) in [6.45, 7) is 10.6. The van der Waals surface area contributed by atoms with Crippen molar-refractivity contribution < 1.29 is 23.9 Å². The molecular formula is C38H44N4O5. The molecule has 1 aliphatic heterocycles. The summed E-state index contributed by atoms with van der Waals surface area (Å²) in [6.07, 6.45) is 2.47. The molecule has 2 amide bonds. The molecular weight excluding hydrogens is 592 g/mol. The highest BCUT2D eigenvalue weighted by molar-refractivity contribution is 5.94. The van der Waals surface area contributed by atoms with Gasteiger partial charge in [0.25, 0.3) is 0 Å². The average Bonchev–Trinajstić information content (AvgIpc) is 3.70. The molecule has 2 heterocycles. The zero-order valence-electron chi connectivity index (χ0n) is 27.3. The molecule has 1 aromatic heterocycles. The maximum atomic E-state index is 13.9. The first kappa shape index (κ1) is 33.5. The molecule has 4 aromatic rings. The normalized spacial score (nSPS) is 17.4. The Balaban J connectivity index is 1.36. The van der Waals surface area contributed by atoms with Crippen molar-refractivity contribution in [3.8, 4) is 0 Å². The topological polar surface area (TPSA) is 125 Å². The summed E-state index contributed by atoms with van der Waals surface area (Å²) in [5.41, 5.74) is 3.42. The maximum absolute atomic E-state index is 13.9. The molecule has 9 nitrogen and oxygen atoms in total. The average molecular weight is 637 g/mol. The first-order chi connectivity index (χ1) is 22.6. The third-order valence-electron chi connectivity index (χ3n) is 8.42. The van der Waals surface area contributed by atoms with Crippen LogP contribution in [0.15, 0.2) is 103 Å². The molecule has 0 aliphatic carbocycles. The van der Waals surface area contributed by atoms with Gasteiger partial charge >= 0.3 is 6.09 Å². The third kappa shape index (κ3) is 9.10. The number of carbonyl (C=O) groups excluding carboxylic acids is 3. The number of alkyl carbamates (subject to hydrolysis) is 1. The van der Waals surface area contributed by atoms with Crippen molar-refractivity contribution in [1.29, 1.82) is 0 Å². The van der Waals surface area contributed by atoms with Crippen LogP contribution in [-0.2, 0) is 38.5 Å². The number of hydrogen-bond acceptors (Lipinski definition) is 6. The number of Topliss-reactive ketones (excluding diaryl/α,β-unsaturated/α-hetero) is 1. The zero-order valence-corrected chi connectivity index (χ0v) is 27.3. The van der Waals surface area contributed by atoms with Crippen LogP contribution >= 0.6 is 0 Å². The second-order valence-electron chi connectivity index (χ2n) is 12.8. The number of aromatic amines is 1. The van der Waals surface area contributed by atoms with Crippen molar-refractivity contribution >= 4 is 28.7 Å². The van der Waals surface area contributed by atoms with Crippen LogP contribution in [-0.4, -0.2) is 53.1 Å². The number of epoxide rings is 1. The Kier molecular flexibility index (Phi) is 10.8. The number of nitrogens with one attached hydrogen (secondary N) is 4. The van der Waals surface area contributed by atoms with Crippen LogP contribution in [0, 0.1) is 5.92 Å².